The zero-order valence-electron chi connectivity index (χ0n) is 7.03. The number of nitrogens with zero attached hydrogens (tertiary/aromatic N) is 3. The first-order valence-corrected chi connectivity index (χ1v) is 3.20. The summed E-state index contributed by atoms with van der Waals surface area (Å²) in [5.74, 6) is 0.125. The average Bonchev–Trinajstić information content (AvgIpc) is 2.03. The summed E-state index contributed by atoms with van der Waals surface area (Å²) in [7, 11) is 0.750. The van der Waals surface area contributed by atoms with Crippen LogP contribution in [0.25, 0.3) is 0 Å². The molecule has 1 aromatic rings. The molecule has 0 amide bonds. The van der Waals surface area contributed by atoms with E-state index in [1.54, 1.807) is 0 Å². The van der Waals surface area contributed by atoms with Crippen molar-refractivity contribution in [3.05, 3.63) is 0 Å². The molecule has 9 nitrogen and oxygen atoms in total. The zero-order chi connectivity index (χ0) is 11.0. The van der Waals surface area contributed by atoms with Crippen molar-refractivity contribution in [1.29, 1.82) is 0 Å². The van der Waals surface area contributed by atoms with E-state index in [1.165, 1.54) is 0 Å². The molecule has 0 spiro atoms. The van der Waals surface area contributed by atoms with Gasteiger partial charge in [0.05, 0.1) is 0 Å². The summed E-state index contributed by atoms with van der Waals surface area (Å²) in [5, 5.41) is 15.1. The van der Waals surface area contributed by atoms with Crippen molar-refractivity contribution >= 4 is 33.2 Å². The van der Waals surface area contributed by atoms with Crippen LogP contribution in [-0.4, -0.2) is 40.4 Å². The van der Waals surface area contributed by atoms with Crippen LogP contribution in [0.5, 0.6) is 0 Å². The fourth-order valence-electron chi connectivity index (χ4n) is 0.454. The van der Waals surface area contributed by atoms with Crippen LogP contribution in [0.15, 0.2) is 0 Å². The van der Waals surface area contributed by atoms with Gasteiger partial charge in [-0.05, 0) is 0 Å². The van der Waals surface area contributed by atoms with E-state index < -0.39 is 0 Å². The lowest BCUT2D eigenvalue weighted by Gasteiger charge is -1.93. The second kappa shape index (κ2) is 6.88. The van der Waals surface area contributed by atoms with Crippen molar-refractivity contribution in [3.63, 3.8) is 0 Å². The highest BCUT2D eigenvalue weighted by atomic mass is 16.5. The molecule has 11 heteroatoms. The molecule has 2 radical (unpaired) electrons. The van der Waals surface area contributed by atoms with Gasteiger partial charge in [-0.25, -0.2) is 0 Å². The molecule has 1 rings (SSSR count). The average molecular weight is 198 g/mol. The molecular formula is C3H8B2N6O3. The van der Waals surface area contributed by atoms with E-state index in [9.17, 15) is 0 Å². The predicted molar refractivity (Wildman–Crippen MR) is 50.1 cm³/mol. The molecule has 1 aromatic heterocycles. The predicted octanol–water partition coefficient (Wildman–Crippen LogP) is -3.33. The number of nitrogen functional groups attached to an aromatic ring is 3. The van der Waals surface area contributed by atoms with Gasteiger partial charge in [0.25, 0.3) is 0 Å². The monoisotopic (exact) mass is 198 g/mol. The largest absolute Gasteiger partial charge is 0.469 e. The maximum absolute atomic E-state index is 7.53. The van der Waals surface area contributed by atoms with Gasteiger partial charge in [-0.3, -0.25) is 0 Å². The molecule has 0 saturated heterocycles. The standard InChI is InChI=1S/C3H6N6.B2H2O3/c4-1-7-2(5)9-3(6)8-1;3-1-5-2-4/h(H6,4,5,6,7,8,9);3-4H. The van der Waals surface area contributed by atoms with Crippen molar-refractivity contribution in [2.45, 2.75) is 0 Å². The summed E-state index contributed by atoms with van der Waals surface area (Å²) < 4.78 is 3.69. The molecule has 0 aliphatic carbocycles. The smallest absolute Gasteiger partial charge is 0.456 e. The Balaban J connectivity index is 0.000000292. The topological polar surface area (TPSA) is 166 Å². The number of aromatic nitrogens is 3. The van der Waals surface area contributed by atoms with Crippen LogP contribution in [0.3, 0.4) is 0 Å². The van der Waals surface area contributed by atoms with Crippen molar-refractivity contribution in [1.82, 2.24) is 15.0 Å². The Bertz CT molecular complexity index is 222. The quantitative estimate of drug-likeness (QED) is 0.305. The maximum Gasteiger partial charge on any atom is 0.469 e. The van der Waals surface area contributed by atoms with E-state index in [1.807, 2.05) is 0 Å². The first kappa shape index (κ1) is 12.4. The van der Waals surface area contributed by atoms with Gasteiger partial charge in [0.1, 0.15) is 0 Å². The van der Waals surface area contributed by atoms with Crippen molar-refractivity contribution < 1.29 is 14.6 Å². The number of nitrogens with two attached hydrogens (primary N) is 3. The summed E-state index contributed by atoms with van der Waals surface area (Å²) in [6.45, 7) is 0. The second-order valence-electron chi connectivity index (χ2n) is 1.76. The van der Waals surface area contributed by atoms with E-state index in [2.05, 4.69) is 19.5 Å². The minimum absolute atomic E-state index is 0.0417. The third-order valence-electron chi connectivity index (χ3n) is 0.809. The Hall–Kier alpha value is -1.58. The molecule has 14 heavy (non-hydrogen) atoms. The summed E-state index contributed by atoms with van der Waals surface area (Å²) in [6, 6.07) is 0. The second-order valence-corrected chi connectivity index (χ2v) is 1.76. The highest BCUT2D eigenvalue weighted by molar-refractivity contribution is 6.32. The highest BCUT2D eigenvalue weighted by Crippen LogP contribution is 1.97. The highest BCUT2D eigenvalue weighted by Gasteiger charge is 1.93. The molecular weight excluding hydrogens is 190 g/mol. The first-order chi connectivity index (χ1) is 6.60. The fourth-order valence-corrected chi connectivity index (χ4v) is 0.454. The van der Waals surface area contributed by atoms with Gasteiger partial charge in [0.15, 0.2) is 0 Å². The third kappa shape index (κ3) is 5.99. The van der Waals surface area contributed by atoms with Crippen LogP contribution < -0.4 is 17.2 Å². The van der Waals surface area contributed by atoms with Crippen molar-refractivity contribution in [3.8, 4) is 0 Å². The lowest BCUT2D eigenvalue weighted by molar-refractivity contribution is 0.408. The maximum atomic E-state index is 7.53. The molecule has 0 aromatic carbocycles. The van der Waals surface area contributed by atoms with E-state index in [0.29, 0.717) is 15.4 Å². The van der Waals surface area contributed by atoms with Gasteiger partial charge >= 0.3 is 15.4 Å². The molecule has 0 atom stereocenters. The zero-order valence-corrected chi connectivity index (χ0v) is 7.03. The lowest BCUT2D eigenvalue weighted by atomic mass is 10.3. The Morgan fingerprint density at radius 3 is 1.29 bits per heavy atom. The Morgan fingerprint density at radius 2 is 1.14 bits per heavy atom. The summed E-state index contributed by atoms with van der Waals surface area (Å²) in [5.41, 5.74) is 15.4. The van der Waals surface area contributed by atoms with Crippen molar-refractivity contribution in [2.75, 3.05) is 17.2 Å². The van der Waals surface area contributed by atoms with Crippen LogP contribution in [0.1, 0.15) is 0 Å². The fraction of sp³-hybridized carbons (Fsp3) is 0. The number of hydrogen-bond acceptors (Lipinski definition) is 9. The van der Waals surface area contributed by atoms with Crippen LogP contribution >= 0.6 is 0 Å². The van der Waals surface area contributed by atoms with Gasteiger partial charge in [-0.1, -0.05) is 0 Å². The minimum Gasteiger partial charge on any atom is -0.456 e. The summed E-state index contributed by atoms with van der Waals surface area (Å²) in [4.78, 5) is 10.5. The number of rotatable bonds is 2. The Labute approximate surface area is 80.9 Å². The SMILES string of the molecule is Nc1nc(N)nc(N)n1.O[B]O[B]O. The van der Waals surface area contributed by atoms with Gasteiger partial charge in [0, 0.05) is 0 Å². The Morgan fingerprint density at radius 1 is 0.857 bits per heavy atom. The van der Waals surface area contributed by atoms with Crippen LogP contribution in [-0.2, 0) is 4.57 Å². The molecule has 0 aliphatic heterocycles. The van der Waals surface area contributed by atoms with Crippen LogP contribution in [0.2, 0.25) is 0 Å². The van der Waals surface area contributed by atoms with E-state index in [-0.39, 0.29) is 17.8 Å². The van der Waals surface area contributed by atoms with Gasteiger partial charge in [-0.2, -0.15) is 15.0 Å². The summed E-state index contributed by atoms with van der Waals surface area (Å²) >= 11 is 0. The lowest BCUT2D eigenvalue weighted by Crippen LogP contribution is -2.05. The van der Waals surface area contributed by atoms with E-state index >= 15 is 0 Å². The van der Waals surface area contributed by atoms with Crippen LogP contribution in [0.4, 0.5) is 17.8 Å². The molecule has 74 valence electrons. The normalized spacial score (nSPS) is 8.43. The third-order valence-corrected chi connectivity index (χ3v) is 0.809. The van der Waals surface area contributed by atoms with Gasteiger partial charge in [0.2, 0.25) is 17.8 Å². The molecule has 0 unspecified atom stereocenters. The number of anilines is 3. The van der Waals surface area contributed by atoms with Crippen molar-refractivity contribution in [2.24, 2.45) is 0 Å². The van der Waals surface area contributed by atoms with Gasteiger partial charge < -0.3 is 31.8 Å². The summed E-state index contributed by atoms with van der Waals surface area (Å²) in [6.07, 6.45) is 0. The van der Waals surface area contributed by atoms with Gasteiger partial charge in [-0.15, -0.1) is 0 Å². The van der Waals surface area contributed by atoms with E-state index in [4.69, 9.17) is 27.2 Å². The Kier molecular flexibility index (Phi) is 6.11. The molecule has 0 bridgehead atoms. The molecule has 0 saturated carbocycles. The number of hydrogen-bond donors (Lipinski definition) is 5. The molecule has 8 N–H and O–H groups in total. The molecule has 0 aliphatic rings. The minimum atomic E-state index is 0.0417. The molecule has 0 fully saturated rings. The first-order valence-electron chi connectivity index (χ1n) is 3.20. The molecule has 1 heterocycles. The van der Waals surface area contributed by atoms with E-state index in [0.717, 1.165) is 0 Å². The van der Waals surface area contributed by atoms with Crippen LogP contribution in [0, 0.1) is 0 Å².